The molecular formula is C13H33NO4. The van der Waals surface area contributed by atoms with Crippen molar-refractivity contribution in [3.63, 3.8) is 0 Å². The summed E-state index contributed by atoms with van der Waals surface area (Å²) in [5.41, 5.74) is 0. The molecule has 0 aromatic heterocycles. The van der Waals surface area contributed by atoms with Crippen molar-refractivity contribution in [2.45, 2.75) is 50.0 Å². The molecule has 5 heteroatoms. The number of nitrogens with zero attached hydrogens (tertiary/aromatic N) is 1. The van der Waals surface area contributed by atoms with Gasteiger partial charge >= 0.3 is 5.97 Å². The van der Waals surface area contributed by atoms with Crippen molar-refractivity contribution in [1.82, 2.24) is 5.06 Å². The molecule has 0 aromatic rings. The standard InChI is InChI=1S/C6H13NO2.C4H8O2.3CH4/c1-5(2)6(8)7(3)9-4;1-3(2)4(5)6;;;/h5H,1-4H3;3H,1-2H3,(H,5,6);3*1H4. The summed E-state index contributed by atoms with van der Waals surface area (Å²) in [5.74, 6) is -0.965. The van der Waals surface area contributed by atoms with Crippen molar-refractivity contribution < 1.29 is 19.5 Å². The number of hydroxylamine groups is 2. The largest absolute Gasteiger partial charge is 0.481 e. The number of carbonyl (C=O) groups excluding carboxylic acids is 1. The van der Waals surface area contributed by atoms with Crippen LogP contribution in [0.1, 0.15) is 50.0 Å². The number of rotatable bonds is 3. The van der Waals surface area contributed by atoms with Crippen LogP contribution in [0.5, 0.6) is 0 Å². The maximum Gasteiger partial charge on any atom is 0.305 e. The first-order chi connectivity index (χ1) is 6.73. The number of aliphatic carboxylic acids is 1. The average Bonchev–Trinajstić information content (AvgIpc) is 2.16. The maximum atomic E-state index is 10.9. The van der Waals surface area contributed by atoms with E-state index in [0.29, 0.717) is 0 Å². The minimum atomic E-state index is -0.741. The quantitative estimate of drug-likeness (QED) is 0.797. The molecular weight excluding hydrogens is 234 g/mol. The van der Waals surface area contributed by atoms with Crippen LogP contribution < -0.4 is 0 Å². The summed E-state index contributed by atoms with van der Waals surface area (Å²) in [6, 6.07) is 0. The molecule has 114 valence electrons. The second-order valence-electron chi connectivity index (χ2n) is 3.67. The highest BCUT2D eigenvalue weighted by Gasteiger charge is 2.11. The fraction of sp³-hybridized carbons (Fsp3) is 0.846. The minimum Gasteiger partial charge on any atom is -0.481 e. The Morgan fingerprint density at radius 3 is 1.33 bits per heavy atom. The van der Waals surface area contributed by atoms with Gasteiger partial charge in [0.25, 0.3) is 0 Å². The molecule has 0 fully saturated rings. The normalized spacial score (nSPS) is 8.00. The van der Waals surface area contributed by atoms with Gasteiger partial charge in [0.2, 0.25) is 5.91 Å². The lowest BCUT2D eigenvalue weighted by Gasteiger charge is -2.15. The van der Waals surface area contributed by atoms with E-state index in [1.54, 1.807) is 20.9 Å². The highest BCUT2D eigenvalue weighted by atomic mass is 16.7. The zero-order valence-electron chi connectivity index (χ0n) is 10.3. The van der Waals surface area contributed by atoms with Crippen LogP contribution in [0.3, 0.4) is 0 Å². The maximum absolute atomic E-state index is 10.9. The van der Waals surface area contributed by atoms with Gasteiger partial charge < -0.3 is 5.11 Å². The number of amides is 1. The van der Waals surface area contributed by atoms with Crippen molar-refractivity contribution in [2.75, 3.05) is 14.2 Å². The second-order valence-corrected chi connectivity index (χ2v) is 3.67. The van der Waals surface area contributed by atoms with E-state index >= 15 is 0 Å². The molecule has 0 aliphatic carbocycles. The van der Waals surface area contributed by atoms with E-state index in [-0.39, 0.29) is 40.0 Å². The summed E-state index contributed by atoms with van der Waals surface area (Å²) in [6.45, 7) is 6.94. The van der Waals surface area contributed by atoms with Gasteiger partial charge in [-0.25, -0.2) is 5.06 Å². The Balaban J connectivity index is -0.0000000566. The van der Waals surface area contributed by atoms with Crippen LogP contribution in [-0.2, 0) is 14.4 Å². The third-order valence-corrected chi connectivity index (χ3v) is 1.57. The van der Waals surface area contributed by atoms with Crippen molar-refractivity contribution in [1.29, 1.82) is 0 Å². The minimum absolute atomic E-state index is 0. The molecule has 5 nitrogen and oxygen atoms in total. The van der Waals surface area contributed by atoms with E-state index in [4.69, 9.17) is 5.11 Å². The van der Waals surface area contributed by atoms with Crippen LogP contribution in [0, 0.1) is 11.8 Å². The monoisotopic (exact) mass is 267 g/mol. The molecule has 0 heterocycles. The summed E-state index contributed by atoms with van der Waals surface area (Å²) in [7, 11) is 3.07. The molecule has 0 atom stereocenters. The zero-order chi connectivity index (χ0) is 12.6. The summed E-state index contributed by atoms with van der Waals surface area (Å²) in [6.07, 6.45) is 0. The average molecular weight is 267 g/mol. The number of hydrogen-bond acceptors (Lipinski definition) is 3. The fourth-order valence-corrected chi connectivity index (χ4v) is 0.454. The molecule has 0 bridgehead atoms. The molecule has 0 aliphatic heterocycles. The third kappa shape index (κ3) is 17.3. The van der Waals surface area contributed by atoms with Crippen molar-refractivity contribution in [3.8, 4) is 0 Å². The number of carboxylic acids is 1. The predicted octanol–water partition coefficient (Wildman–Crippen LogP) is 3.30. The van der Waals surface area contributed by atoms with E-state index in [0.717, 1.165) is 0 Å². The Labute approximate surface area is 113 Å². The first-order valence-electron chi connectivity index (χ1n) is 4.78. The molecule has 0 aromatic carbocycles. The number of carboxylic acid groups (broad SMARTS) is 1. The zero-order valence-corrected chi connectivity index (χ0v) is 10.3. The van der Waals surface area contributed by atoms with Crippen LogP contribution in [0.2, 0.25) is 0 Å². The SMILES string of the molecule is C.C.C.CC(C)C(=O)O.CON(C)C(=O)C(C)C. The smallest absolute Gasteiger partial charge is 0.305 e. The van der Waals surface area contributed by atoms with Gasteiger partial charge in [-0.15, -0.1) is 0 Å². The van der Waals surface area contributed by atoms with E-state index < -0.39 is 5.97 Å². The molecule has 0 spiro atoms. The summed E-state index contributed by atoms with van der Waals surface area (Å²) in [5, 5.41) is 9.22. The molecule has 1 amide bonds. The number of carbonyl (C=O) groups is 2. The van der Waals surface area contributed by atoms with Crippen molar-refractivity contribution in [2.24, 2.45) is 11.8 Å². The Bertz CT molecular complexity index is 203. The Hall–Kier alpha value is -1.10. The molecule has 0 saturated heterocycles. The van der Waals surface area contributed by atoms with Crippen LogP contribution >= 0.6 is 0 Å². The van der Waals surface area contributed by atoms with Gasteiger partial charge in [-0.1, -0.05) is 50.0 Å². The molecule has 0 radical (unpaired) electrons. The van der Waals surface area contributed by atoms with Gasteiger partial charge in [0.05, 0.1) is 13.0 Å². The van der Waals surface area contributed by atoms with Crippen molar-refractivity contribution >= 4 is 11.9 Å². The Morgan fingerprint density at radius 2 is 1.28 bits per heavy atom. The van der Waals surface area contributed by atoms with E-state index in [1.165, 1.54) is 12.2 Å². The topological polar surface area (TPSA) is 66.8 Å². The molecule has 0 rings (SSSR count). The lowest BCUT2D eigenvalue weighted by atomic mass is 10.2. The Morgan fingerprint density at radius 1 is 1.00 bits per heavy atom. The summed E-state index contributed by atoms with van der Waals surface area (Å²) in [4.78, 5) is 25.2. The van der Waals surface area contributed by atoms with Crippen LogP contribution in [0.15, 0.2) is 0 Å². The van der Waals surface area contributed by atoms with Gasteiger partial charge in [-0.2, -0.15) is 0 Å². The van der Waals surface area contributed by atoms with Gasteiger partial charge in [0.15, 0.2) is 0 Å². The van der Waals surface area contributed by atoms with Crippen LogP contribution in [0.25, 0.3) is 0 Å². The summed E-state index contributed by atoms with van der Waals surface area (Å²) < 4.78 is 0. The highest BCUT2D eigenvalue weighted by Crippen LogP contribution is 1.97. The van der Waals surface area contributed by atoms with Gasteiger partial charge in [0, 0.05) is 13.0 Å². The lowest BCUT2D eigenvalue weighted by Crippen LogP contribution is -2.29. The fourth-order valence-electron chi connectivity index (χ4n) is 0.454. The summed E-state index contributed by atoms with van der Waals surface area (Å²) >= 11 is 0. The van der Waals surface area contributed by atoms with Gasteiger partial charge in [-0.3, -0.25) is 14.4 Å². The molecule has 0 aliphatic rings. The molecule has 1 N–H and O–H groups in total. The molecule has 0 saturated carbocycles. The number of hydrogen-bond donors (Lipinski definition) is 1. The third-order valence-electron chi connectivity index (χ3n) is 1.57. The van der Waals surface area contributed by atoms with E-state index in [1.807, 2.05) is 13.8 Å². The first kappa shape index (κ1) is 30.2. The second kappa shape index (κ2) is 15.9. The predicted molar refractivity (Wildman–Crippen MR) is 77.3 cm³/mol. The van der Waals surface area contributed by atoms with Crippen LogP contribution in [0.4, 0.5) is 0 Å². The first-order valence-corrected chi connectivity index (χ1v) is 4.78. The van der Waals surface area contributed by atoms with Crippen LogP contribution in [-0.4, -0.2) is 36.2 Å². The Kier molecular flexibility index (Phi) is 26.7. The lowest BCUT2D eigenvalue weighted by molar-refractivity contribution is -0.172. The molecule has 18 heavy (non-hydrogen) atoms. The van der Waals surface area contributed by atoms with Gasteiger partial charge in [0.1, 0.15) is 0 Å². The van der Waals surface area contributed by atoms with Gasteiger partial charge in [-0.05, 0) is 0 Å². The van der Waals surface area contributed by atoms with E-state index in [9.17, 15) is 9.59 Å². The molecule has 0 unspecified atom stereocenters. The van der Waals surface area contributed by atoms with Crippen molar-refractivity contribution in [3.05, 3.63) is 0 Å². The highest BCUT2D eigenvalue weighted by molar-refractivity contribution is 5.76. The van der Waals surface area contributed by atoms with E-state index in [2.05, 4.69) is 4.84 Å².